The number of ether oxygens (including phenoxy) is 3. The van der Waals surface area contributed by atoms with Crippen molar-refractivity contribution in [1.82, 2.24) is 0 Å². The topological polar surface area (TPSA) is 78.9 Å². The van der Waals surface area contributed by atoms with Gasteiger partial charge in [-0.15, -0.1) is 0 Å². The second-order valence-corrected chi connectivity index (χ2v) is 21.3. The minimum absolute atomic E-state index is 0.107. The van der Waals surface area contributed by atoms with Crippen LogP contribution in [0.3, 0.4) is 0 Å². The SMILES string of the molecule is CC/C=C\C/C=C\C/C=C\C/C=C\CCCCCCCCCCCCC(=O)OC(COC(=O)CC/C=C\C/C=C\C/C=C\C/C=C\CC)COC(=O)CCCCCCCCCCCC/C=C\C/C=C\C/C=C\CCCCCCC. The van der Waals surface area contributed by atoms with Gasteiger partial charge in [0, 0.05) is 19.3 Å². The van der Waals surface area contributed by atoms with Gasteiger partial charge in [0.2, 0.25) is 0 Å². The van der Waals surface area contributed by atoms with Gasteiger partial charge in [0.1, 0.15) is 13.2 Å². The average Bonchev–Trinajstić information content (AvgIpc) is 3.45. The van der Waals surface area contributed by atoms with E-state index >= 15 is 0 Å². The molecule has 1 atom stereocenters. The number of hydrogen-bond acceptors (Lipinski definition) is 6. The van der Waals surface area contributed by atoms with E-state index in [4.69, 9.17) is 14.2 Å². The minimum atomic E-state index is -0.817. The molecule has 1 unspecified atom stereocenters. The zero-order chi connectivity index (χ0) is 57.1. The largest absolute Gasteiger partial charge is 0.462 e. The van der Waals surface area contributed by atoms with Crippen LogP contribution in [0.4, 0.5) is 0 Å². The number of carbonyl (C=O) groups excluding carboxylic acids is 3. The first-order valence-corrected chi connectivity index (χ1v) is 32.7. The molecule has 0 aliphatic carbocycles. The Morgan fingerprint density at radius 3 is 0.848 bits per heavy atom. The molecule has 0 rings (SSSR count). The number of carbonyl (C=O) groups is 3. The number of hydrogen-bond donors (Lipinski definition) is 0. The zero-order valence-electron chi connectivity index (χ0n) is 51.3. The fourth-order valence-electron chi connectivity index (χ4n) is 8.81. The van der Waals surface area contributed by atoms with Crippen molar-refractivity contribution in [2.75, 3.05) is 13.2 Å². The van der Waals surface area contributed by atoms with Crippen molar-refractivity contribution in [2.24, 2.45) is 0 Å². The second-order valence-electron chi connectivity index (χ2n) is 21.3. The lowest BCUT2D eigenvalue weighted by Crippen LogP contribution is -2.30. The Morgan fingerprint density at radius 1 is 0.266 bits per heavy atom. The monoisotopic (exact) mass is 1090 g/mol. The Kier molecular flexibility index (Phi) is 62.3. The van der Waals surface area contributed by atoms with Crippen molar-refractivity contribution in [3.05, 3.63) is 134 Å². The smallest absolute Gasteiger partial charge is 0.306 e. The Balaban J connectivity index is 4.38. The summed E-state index contributed by atoms with van der Waals surface area (Å²) in [5, 5.41) is 0. The third-order valence-electron chi connectivity index (χ3n) is 13.6. The lowest BCUT2D eigenvalue weighted by molar-refractivity contribution is -0.166. The first-order chi connectivity index (χ1) is 39.0. The summed E-state index contributed by atoms with van der Waals surface area (Å²) >= 11 is 0. The fourth-order valence-corrected chi connectivity index (χ4v) is 8.81. The molecule has 0 radical (unpaired) electrons. The van der Waals surface area contributed by atoms with Crippen molar-refractivity contribution in [3.63, 3.8) is 0 Å². The van der Waals surface area contributed by atoms with E-state index in [1.54, 1.807) is 0 Å². The first kappa shape index (κ1) is 74.5. The maximum Gasteiger partial charge on any atom is 0.306 e. The standard InChI is InChI=1S/C73H120O6/c1-4-7-10-13-16-19-22-25-27-29-31-33-35-36-38-39-41-43-45-48-51-54-57-60-63-66-72(75)78-69-70(68-77-71(74)65-62-59-56-53-50-47-24-21-18-15-12-9-6-3)79-73(76)67-64-61-58-55-52-49-46-44-42-40-37-34-32-30-28-26-23-20-17-14-11-8-5-2/h8-9,11-12,17-18,20-22,25-26,28-29,31-32,34-36,47,50,56,59,70H,4-7,10,13-16,19,23-24,27,30,33,37-46,48-49,51-55,57-58,60-69H2,1-3H3/b11-8-,12-9-,20-17-,21-18-,25-22-,28-26-,31-29-,34-32-,36-35-,50-47-,59-56-. The van der Waals surface area contributed by atoms with Crippen LogP contribution in [0.5, 0.6) is 0 Å². The predicted octanol–water partition coefficient (Wildman–Crippen LogP) is 22.5. The van der Waals surface area contributed by atoms with Gasteiger partial charge < -0.3 is 14.2 Å². The van der Waals surface area contributed by atoms with Crippen molar-refractivity contribution in [1.29, 1.82) is 0 Å². The molecule has 0 aliphatic heterocycles. The molecule has 0 saturated carbocycles. The summed E-state index contributed by atoms with van der Waals surface area (Å²) in [5.41, 5.74) is 0. The normalized spacial score (nSPS) is 13.0. The van der Waals surface area contributed by atoms with Crippen LogP contribution in [0.2, 0.25) is 0 Å². The molecule has 0 spiro atoms. The van der Waals surface area contributed by atoms with E-state index < -0.39 is 6.10 Å². The minimum Gasteiger partial charge on any atom is -0.462 e. The highest BCUT2D eigenvalue weighted by Crippen LogP contribution is 2.16. The van der Waals surface area contributed by atoms with Gasteiger partial charge in [-0.1, -0.05) is 283 Å². The molecule has 0 aromatic rings. The first-order valence-electron chi connectivity index (χ1n) is 32.7. The van der Waals surface area contributed by atoms with E-state index in [0.29, 0.717) is 19.3 Å². The van der Waals surface area contributed by atoms with Gasteiger partial charge in [-0.25, -0.2) is 0 Å². The Bertz CT molecular complexity index is 1680. The average molecular weight is 1090 g/mol. The highest BCUT2D eigenvalue weighted by molar-refractivity contribution is 5.71. The van der Waals surface area contributed by atoms with Crippen molar-refractivity contribution >= 4 is 17.9 Å². The fraction of sp³-hybridized carbons (Fsp3) is 0.658. The van der Waals surface area contributed by atoms with Gasteiger partial charge in [-0.05, 0) is 122 Å². The molecule has 0 aliphatic rings. The molecule has 0 fully saturated rings. The Labute approximate surface area is 487 Å². The number of esters is 3. The summed E-state index contributed by atoms with van der Waals surface area (Å²) in [6.07, 6.45) is 93.3. The van der Waals surface area contributed by atoms with Crippen LogP contribution < -0.4 is 0 Å². The van der Waals surface area contributed by atoms with Gasteiger partial charge in [0.05, 0.1) is 0 Å². The summed E-state index contributed by atoms with van der Waals surface area (Å²) in [7, 11) is 0. The lowest BCUT2D eigenvalue weighted by atomic mass is 10.0. The van der Waals surface area contributed by atoms with Crippen LogP contribution in [0.15, 0.2) is 134 Å². The van der Waals surface area contributed by atoms with E-state index in [0.717, 1.165) is 103 Å². The van der Waals surface area contributed by atoms with Gasteiger partial charge in [0.15, 0.2) is 6.10 Å². The molecule has 6 nitrogen and oxygen atoms in total. The van der Waals surface area contributed by atoms with E-state index in [1.807, 2.05) is 6.08 Å². The van der Waals surface area contributed by atoms with E-state index in [9.17, 15) is 14.4 Å². The lowest BCUT2D eigenvalue weighted by Gasteiger charge is -2.18. The van der Waals surface area contributed by atoms with E-state index in [-0.39, 0.29) is 37.5 Å². The molecular formula is C73H120O6. The maximum absolute atomic E-state index is 12.9. The highest BCUT2D eigenvalue weighted by atomic mass is 16.6. The van der Waals surface area contributed by atoms with Gasteiger partial charge in [-0.3, -0.25) is 14.4 Å². The molecule has 0 heterocycles. The molecule has 6 heteroatoms. The molecule has 0 saturated heterocycles. The molecule has 0 amide bonds. The van der Waals surface area contributed by atoms with Crippen LogP contribution in [0.25, 0.3) is 0 Å². The number of rotatable bonds is 58. The molecule has 0 aromatic carbocycles. The van der Waals surface area contributed by atoms with Crippen LogP contribution in [0, 0.1) is 0 Å². The van der Waals surface area contributed by atoms with Gasteiger partial charge >= 0.3 is 17.9 Å². The molecule has 0 aromatic heterocycles. The summed E-state index contributed by atoms with van der Waals surface area (Å²) in [5.74, 6) is -0.997. The quantitative estimate of drug-likeness (QED) is 0.0261. The molecular weight excluding hydrogens is 973 g/mol. The highest BCUT2D eigenvalue weighted by Gasteiger charge is 2.19. The van der Waals surface area contributed by atoms with Crippen LogP contribution in [-0.4, -0.2) is 37.2 Å². The second kappa shape index (κ2) is 66.1. The third-order valence-corrected chi connectivity index (χ3v) is 13.6. The number of unbranched alkanes of at least 4 members (excludes halogenated alkanes) is 25. The predicted molar refractivity (Wildman–Crippen MR) is 343 cm³/mol. The van der Waals surface area contributed by atoms with E-state index in [2.05, 4.69) is 148 Å². The summed E-state index contributed by atoms with van der Waals surface area (Å²) in [4.78, 5) is 38.3. The van der Waals surface area contributed by atoms with Crippen molar-refractivity contribution in [2.45, 2.75) is 297 Å². The molecule has 0 N–H and O–H groups in total. The molecule has 448 valence electrons. The summed E-state index contributed by atoms with van der Waals surface area (Å²) in [6, 6.07) is 0. The van der Waals surface area contributed by atoms with Crippen LogP contribution in [-0.2, 0) is 28.6 Å². The van der Waals surface area contributed by atoms with Gasteiger partial charge in [-0.2, -0.15) is 0 Å². The van der Waals surface area contributed by atoms with Crippen molar-refractivity contribution in [3.8, 4) is 0 Å². The Morgan fingerprint density at radius 2 is 0.519 bits per heavy atom. The van der Waals surface area contributed by atoms with Gasteiger partial charge in [0.25, 0.3) is 0 Å². The van der Waals surface area contributed by atoms with Crippen molar-refractivity contribution < 1.29 is 28.6 Å². The van der Waals surface area contributed by atoms with Crippen LogP contribution in [0.1, 0.15) is 290 Å². The number of allylic oxidation sites excluding steroid dienone is 22. The Hall–Kier alpha value is -4.45. The third kappa shape index (κ3) is 64.3. The zero-order valence-corrected chi connectivity index (χ0v) is 51.3. The summed E-state index contributed by atoms with van der Waals surface area (Å²) < 4.78 is 16.9. The van der Waals surface area contributed by atoms with Crippen LogP contribution >= 0.6 is 0 Å². The summed E-state index contributed by atoms with van der Waals surface area (Å²) in [6.45, 7) is 6.34. The van der Waals surface area contributed by atoms with E-state index in [1.165, 1.54) is 141 Å². The molecule has 79 heavy (non-hydrogen) atoms. The maximum atomic E-state index is 12.9. The molecule has 0 bridgehead atoms.